The van der Waals surface area contributed by atoms with Gasteiger partial charge in [-0.3, -0.25) is 9.59 Å². The van der Waals surface area contributed by atoms with Gasteiger partial charge in [0, 0.05) is 6.42 Å². The molecule has 0 aromatic heterocycles. The zero-order valence-electron chi connectivity index (χ0n) is 41.9. The van der Waals surface area contributed by atoms with E-state index in [1.54, 1.807) is 0 Å². The lowest BCUT2D eigenvalue weighted by Crippen LogP contribution is -2.13. The van der Waals surface area contributed by atoms with Crippen LogP contribution in [0.25, 0.3) is 0 Å². The summed E-state index contributed by atoms with van der Waals surface area (Å²) < 4.78 is 5.37. The number of carbonyl (C=O) groups excluding carboxylic acids is 1. The molecule has 1 N–H and O–H groups in total. The summed E-state index contributed by atoms with van der Waals surface area (Å²) >= 11 is 0. The fourth-order valence-electron chi connectivity index (χ4n) is 8.64. The summed E-state index contributed by atoms with van der Waals surface area (Å²) in [4.78, 5) is 23.3. The van der Waals surface area contributed by atoms with E-state index < -0.39 is 5.97 Å². The Morgan fingerprint density at radius 2 is 0.533 bits per heavy atom. The van der Waals surface area contributed by atoms with Gasteiger partial charge in [0.25, 0.3) is 0 Å². The third-order valence-electron chi connectivity index (χ3n) is 12.9. The van der Waals surface area contributed by atoms with E-state index in [0.29, 0.717) is 13.0 Å². The van der Waals surface area contributed by atoms with Crippen molar-refractivity contribution < 1.29 is 19.4 Å². The van der Waals surface area contributed by atoms with Crippen LogP contribution in [0.1, 0.15) is 336 Å². The van der Waals surface area contributed by atoms with Crippen molar-refractivity contribution in [3.63, 3.8) is 0 Å². The number of carbonyl (C=O) groups is 2. The summed E-state index contributed by atoms with van der Waals surface area (Å²) in [7, 11) is 0. The predicted octanol–water partition coefficient (Wildman–Crippen LogP) is 20.0. The molecule has 4 nitrogen and oxygen atoms in total. The van der Waals surface area contributed by atoms with E-state index in [2.05, 4.69) is 27.7 Å². The largest absolute Gasteiger partial charge is 0.481 e. The Balaban J connectivity index is 0. The Labute approximate surface area is 378 Å². The monoisotopic (exact) mass is 849 g/mol. The van der Waals surface area contributed by atoms with Crippen molar-refractivity contribution >= 4 is 11.9 Å². The van der Waals surface area contributed by atoms with Gasteiger partial charge < -0.3 is 9.84 Å². The maximum absolute atomic E-state index is 11.8. The molecule has 0 aromatic carbocycles. The average Bonchev–Trinajstić information content (AvgIpc) is 3.24. The van der Waals surface area contributed by atoms with Crippen LogP contribution in [0.4, 0.5) is 0 Å². The summed E-state index contributed by atoms with van der Waals surface area (Å²) in [5.41, 5.74) is 0. The minimum absolute atomic E-state index is 0.0210. The summed E-state index contributed by atoms with van der Waals surface area (Å²) in [6.45, 7) is 9.71. The maximum Gasteiger partial charge on any atom is 0.306 e. The highest BCUT2D eigenvalue weighted by molar-refractivity contribution is 5.70. The van der Waals surface area contributed by atoms with Crippen LogP contribution in [-0.4, -0.2) is 23.7 Å². The summed E-state index contributed by atoms with van der Waals surface area (Å²) in [6, 6.07) is 0. The number of aliphatic carboxylic acids is 1. The van der Waals surface area contributed by atoms with Crippen molar-refractivity contribution in [3.05, 3.63) is 0 Å². The van der Waals surface area contributed by atoms with E-state index in [1.807, 2.05) is 0 Å². The second kappa shape index (κ2) is 56.0. The molecule has 0 saturated heterocycles. The Bertz CT molecular complexity index is 794. The predicted molar refractivity (Wildman–Crippen MR) is 266 cm³/mol. The van der Waals surface area contributed by atoms with Gasteiger partial charge >= 0.3 is 11.9 Å². The van der Waals surface area contributed by atoms with E-state index in [4.69, 9.17) is 4.74 Å². The number of carboxylic acid groups (broad SMARTS) is 1. The molecule has 0 aliphatic carbocycles. The second-order valence-electron chi connectivity index (χ2n) is 19.1. The first kappa shape index (κ1) is 61.0. The van der Waals surface area contributed by atoms with E-state index in [1.165, 1.54) is 263 Å². The second-order valence-corrected chi connectivity index (χ2v) is 19.1. The van der Waals surface area contributed by atoms with Gasteiger partial charge in [0.2, 0.25) is 0 Å². The lowest BCUT2D eigenvalue weighted by molar-refractivity contribution is -0.144. The van der Waals surface area contributed by atoms with E-state index >= 15 is 0 Å². The molecule has 0 bridgehead atoms. The molecule has 0 heterocycles. The van der Waals surface area contributed by atoms with Crippen LogP contribution >= 0.6 is 0 Å². The summed E-state index contributed by atoms with van der Waals surface area (Å²) in [5, 5.41) is 9.48. The topological polar surface area (TPSA) is 63.6 Å². The van der Waals surface area contributed by atoms with Gasteiger partial charge in [-0.15, -0.1) is 0 Å². The molecule has 0 aromatic rings. The molecule has 1 atom stereocenters. The minimum Gasteiger partial charge on any atom is -0.481 e. The van der Waals surface area contributed by atoms with Crippen molar-refractivity contribution in [2.45, 2.75) is 336 Å². The molecular formula is C56H112O4. The van der Waals surface area contributed by atoms with Gasteiger partial charge in [0.05, 0.1) is 12.5 Å². The van der Waals surface area contributed by atoms with Crippen LogP contribution in [0.5, 0.6) is 0 Å². The fourth-order valence-corrected chi connectivity index (χ4v) is 8.64. The normalized spacial score (nSPS) is 11.7. The third kappa shape index (κ3) is 55.0. The maximum atomic E-state index is 11.8. The first-order valence-corrected chi connectivity index (χ1v) is 27.9. The Kier molecular flexibility index (Phi) is 56.9. The highest BCUT2D eigenvalue weighted by Gasteiger charge is 2.16. The zero-order chi connectivity index (χ0) is 44.1. The van der Waals surface area contributed by atoms with Crippen molar-refractivity contribution in [1.82, 2.24) is 0 Å². The SMILES string of the molecule is CCCCCCCCCCCCCCCCC(CCCCCCCCCC)C(=O)O.CCCCCCCCCCCCCCCCCC(=O)OCCCCCCCCCC. The first-order chi connectivity index (χ1) is 29.5. The standard InChI is InChI=1S/2C28H56O2/c1-3-5-7-9-11-13-14-15-16-17-18-19-20-22-24-26-28(29)30-27-25-23-21-12-10-8-6-4-2;1-3-5-7-9-11-13-14-15-16-17-18-20-22-24-26-27(28(29)30)25-23-21-19-12-10-8-6-4-2/h3-27H2,1-2H3;27H,3-26H2,1-2H3,(H,29,30). The molecule has 4 heteroatoms. The number of hydrogen-bond acceptors (Lipinski definition) is 3. The number of rotatable bonds is 50. The number of ether oxygens (including phenoxy) is 1. The van der Waals surface area contributed by atoms with E-state index in [9.17, 15) is 14.7 Å². The van der Waals surface area contributed by atoms with Crippen LogP contribution in [-0.2, 0) is 14.3 Å². The molecule has 0 aliphatic rings. The Morgan fingerprint density at radius 3 is 0.783 bits per heavy atom. The molecule has 0 saturated carbocycles. The van der Waals surface area contributed by atoms with Crippen molar-refractivity contribution in [3.8, 4) is 0 Å². The average molecular weight is 850 g/mol. The molecule has 0 amide bonds. The van der Waals surface area contributed by atoms with Crippen LogP contribution in [0.3, 0.4) is 0 Å². The van der Waals surface area contributed by atoms with Gasteiger partial charge in [-0.25, -0.2) is 0 Å². The van der Waals surface area contributed by atoms with Gasteiger partial charge in [0.15, 0.2) is 0 Å². The molecule has 0 radical (unpaired) electrons. The van der Waals surface area contributed by atoms with Crippen molar-refractivity contribution in [1.29, 1.82) is 0 Å². The Morgan fingerprint density at radius 1 is 0.317 bits per heavy atom. The van der Waals surface area contributed by atoms with Gasteiger partial charge in [0.1, 0.15) is 0 Å². The number of unbranched alkanes of at least 4 members (excludes halogenated alkanes) is 41. The highest BCUT2D eigenvalue weighted by atomic mass is 16.5. The van der Waals surface area contributed by atoms with Gasteiger partial charge in [-0.2, -0.15) is 0 Å². The number of esters is 1. The van der Waals surface area contributed by atoms with Crippen molar-refractivity contribution in [2.75, 3.05) is 6.61 Å². The molecule has 1 unspecified atom stereocenters. The van der Waals surface area contributed by atoms with Gasteiger partial charge in [-0.05, 0) is 25.7 Å². The van der Waals surface area contributed by atoms with E-state index in [-0.39, 0.29) is 11.9 Å². The Hall–Kier alpha value is -1.06. The molecule has 60 heavy (non-hydrogen) atoms. The lowest BCUT2D eigenvalue weighted by Gasteiger charge is -2.12. The van der Waals surface area contributed by atoms with E-state index in [0.717, 1.165) is 38.5 Å². The number of hydrogen-bond donors (Lipinski definition) is 1. The minimum atomic E-state index is -0.562. The van der Waals surface area contributed by atoms with Crippen LogP contribution < -0.4 is 0 Å². The smallest absolute Gasteiger partial charge is 0.306 e. The molecule has 360 valence electrons. The van der Waals surface area contributed by atoms with Crippen LogP contribution in [0.2, 0.25) is 0 Å². The third-order valence-corrected chi connectivity index (χ3v) is 12.9. The number of carboxylic acids is 1. The van der Waals surface area contributed by atoms with Crippen molar-refractivity contribution in [2.24, 2.45) is 5.92 Å². The molecule has 0 spiro atoms. The lowest BCUT2D eigenvalue weighted by atomic mass is 9.94. The molecular weight excluding hydrogens is 737 g/mol. The molecule has 0 fully saturated rings. The summed E-state index contributed by atoms with van der Waals surface area (Å²) in [6.07, 6.45) is 62.5. The van der Waals surface area contributed by atoms with Crippen LogP contribution in [0, 0.1) is 5.92 Å². The fraction of sp³-hybridized carbons (Fsp3) is 0.964. The summed E-state index contributed by atoms with van der Waals surface area (Å²) in [5.74, 6) is -0.636. The van der Waals surface area contributed by atoms with Gasteiger partial charge in [-0.1, -0.05) is 304 Å². The molecule has 0 rings (SSSR count). The molecule has 0 aliphatic heterocycles. The quantitative estimate of drug-likeness (QED) is 0.0489. The highest BCUT2D eigenvalue weighted by Crippen LogP contribution is 2.21. The zero-order valence-corrected chi connectivity index (χ0v) is 41.9. The van der Waals surface area contributed by atoms with Crippen LogP contribution in [0.15, 0.2) is 0 Å². The first-order valence-electron chi connectivity index (χ1n) is 27.9.